The SMILES string of the molecule is COc1ccc(F)c(-n2nnc(COc3cccc([C@@H](CC(=O)O)C4CC4)c3)c2OC2CCCCC2)c1. The van der Waals surface area contributed by atoms with E-state index in [0.717, 1.165) is 44.1 Å². The maximum atomic E-state index is 14.8. The number of hydrogen-bond acceptors (Lipinski definition) is 6. The van der Waals surface area contributed by atoms with Crippen molar-refractivity contribution in [2.45, 2.75) is 70.0 Å². The second-order valence-electron chi connectivity index (χ2n) is 9.85. The molecule has 2 fully saturated rings. The van der Waals surface area contributed by atoms with Gasteiger partial charge in [-0.3, -0.25) is 4.79 Å². The Kier molecular flexibility index (Phi) is 7.58. The van der Waals surface area contributed by atoms with Crippen molar-refractivity contribution < 1.29 is 28.5 Å². The molecular formula is C28H32FN3O5. The van der Waals surface area contributed by atoms with Gasteiger partial charge in [0.2, 0.25) is 5.88 Å². The van der Waals surface area contributed by atoms with Crippen LogP contribution in [0.15, 0.2) is 42.5 Å². The van der Waals surface area contributed by atoms with E-state index in [2.05, 4.69) is 10.3 Å². The van der Waals surface area contributed by atoms with Crippen molar-refractivity contribution in [3.63, 3.8) is 0 Å². The Morgan fingerprint density at radius 1 is 1.11 bits per heavy atom. The van der Waals surface area contributed by atoms with Crippen LogP contribution in [0, 0.1) is 11.7 Å². The molecule has 0 radical (unpaired) electrons. The second-order valence-corrected chi connectivity index (χ2v) is 9.85. The Morgan fingerprint density at radius 3 is 2.65 bits per heavy atom. The Balaban J connectivity index is 1.40. The zero-order valence-corrected chi connectivity index (χ0v) is 20.9. The van der Waals surface area contributed by atoms with E-state index in [4.69, 9.17) is 14.2 Å². The molecule has 8 nitrogen and oxygen atoms in total. The van der Waals surface area contributed by atoms with E-state index in [9.17, 15) is 14.3 Å². The van der Waals surface area contributed by atoms with Crippen molar-refractivity contribution in [2.75, 3.05) is 7.11 Å². The van der Waals surface area contributed by atoms with Crippen molar-refractivity contribution in [3.8, 4) is 23.1 Å². The van der Waals surface area contributed by atoms with Gasteiger partial charge in [-0.1, -0.05) is 23.8 Å². The minimum Gasteiger partial charge on any atom is -0.497 e. The predicted molar refractivity (Wildman–Crippen MR) is 134 cm³/mol. The van der Waals surface area contributed by atoms with Crippen LogP contribution in [-0.2, 0) is 11.4 Å². The number of methoxy groups -OCH3 is 1. The first-order valence-electron chi connectivity index (χ1n) is 12.9. The molecule has 2 aliphatic carbocycles. The monoisotopic (exact) mass is 509 g/mol. The third kappa shape index (κ3) is 6.03. The third-order valence-corrected chi connectivity index (χ3v) is 7.15. The van der Waals surface area contributed by atoms with Crippen LogP contribution in [0.1, 0.15) is 68.5 Å². The molecule has 2 aliphatic rings. The van der Waals surface area contributed by atoms with Gasteiger partial charge in [0.1, 0.15) is 35.7 Å². The minimum absolute atomic E-state index is 0.00272. The van der Waals surface area contributed by atoms with E-state index in [1.165, 1.54) is 24.3 Å². The molecule has 2 saturated carbocycles. The molecule has 37 heavy (non-hydrogen) atoms. The number of benzene rings is 2. The molecule has 1 atom stereocenters. The molecule has 196 valence electrons. The molecule has 0 spiro atoms. The van der Waals surface area contributed by atoms with Gasteiger partial charge < -0.3 is 19.3 Å². The molecule has 1 N–H and O–H groups in total. The highest BCUT2D eigenvalue weighted by Gasteiger charge is 2.34. The number of carboxylic acids is 1. The first kappa shape index (κ1) is 25.0. The lowest BCUT2D eigenvalue weighted by molar-refractivity contribution is -0.137. The molecule has 2 aromatic carbocycles. The molecule has 0 saturated heterocycles. The Labute approximate surface area is 215 Å². The largest absolute Gasteiger partial charge is 0.497 e. The molecule has 0 amide bonds. The number of nitrogens with zero attached hydrogens (tertiary/aromatic N) is 3. The molecule has 1 aromatic heterocycles. The van der Waals surface area contributed by atoms with Crippen LogP contribution < -0.4 is 14.2 Å². The van der Waals surface area contributed by atoms with Crippen LogP contribution in [0.4, 0.5) is 4.39 Å². The molecule has 3 aromatic rings. The van der Waals surface area contributed by atoms with Crippen molar-refractivity contribution in [3.05, 3.63) is 59.5 Å². The van der Waals surface area contributed by atoms with Crippen molar-refractivity contribution >= 4 is 5.97 Å². The van der Waals surface area contributed by atoms with Gasteiger partial charge in [-0.15, -0.1) is 5.10 Å². The van der Waals surface area contributed by atoms with E-state index in [-0.39, 0.29) is 30.7 Å². The second kappa shape index (κ2) is 11.2. The summed E-state index contributed by atoms with van der Waals surface area (Å²) in [4.78, 5) is 11.4. The number of halogens is 1. The summed E-state index contributed by atoms with van der Waals surface area (Å²) in [6.07, 6.45) is 7.38. The van der Waals surface area contributed by atoms with Crippen LogP contribution in [0.25, 0.3) is 5.69 Å². The van der Waals surface area contributed by atoms with Gasteiger partial charge in [0.15, 0.2) is 5.69 Å². The lowest BCUT2D eigenvalue weighted by Gasteiger charge is -2.23. The van der Waals surface area contributed by atoms with Gasteiger partial charge in [0.25, 0.3) is 0 Å². The summed E-state index contributed by atoms with van der Waals surface area (Å²) in [6.45, 7) is 0.0735. The van der Waals surface area contributed by atoms with Gasteiger partial charge >= 0.3 is 5.97 Å². The summed E-state index contributed by atoms with van der Waals surface area (Å²) in [5.74, 6) is 0.577. The summed E-state index contributed by atoms with van der Waals surface area (Å²) in [7, 11) is 1.52. The van der Waals surface area contributed by atoms with Crippen LogP contribution in [0.5, 0.6) is 17.4 Å². The number of ether oxygens (including phenoxy) is 3. The van der Waals surface area contributed by atoms with Gasteiger partial charge in [0, 0.05) is 6.07 Å². The zero-order valence-electron chi connectivity index (χ0n) is 20.9. The van der Waals surface area contributed by atoms with Crippen molar-refractivity contribution in [1.82, 2.24) is 15.0 Å². The average Bonchev–Trinajstić information content (AvgIpc) is 3.68. The van der Waals surface area contributed by atoms with Crippen molar-refractivity contribution in [2.24, 2.45) is 5.92 Å². The normalized spacial score (nSPS) is 16.8. The molecule has 0 bridgehead atoms. The topological polar surface area (TPSA) is 95.7 Å². The summed E-state index contributed by atoms with van der Waals surface area (Å²) in [5, 5.41) is 17.9. The first-order valence-corrected chi connectivity index (χ1v) is 12.9. The Hall–Kier alpha value is -3.62. The maximum absolute atomic E-state index is 14.8. The molecular weight excluding hydrogens is 477 g/mol. The summed E-state index contributed by atoms with van der Waals surface area (Å²) >= 11 is 0. The number of carbonyl (C=O) groups is 1. The molecule has 9 heteroatoms. The van der Waals surface area contributed by atoms with E-state index in [1.807, 2.05) is 24.3 Å². The van der Waals surface area contributed by atoms with Gasteiger partial charge in [0.05, 0.1) is 13.5 Å². The van der Waals surface area contributed by atoms with Crippen LogP contribution >= 0.6 is 0 Å². The average molecular weight is 510 g/mol. The Bertz CT molecular complexity index is 1240. The fraction of sp³-hybridized carbons (Fsp3) is 0.464. The smallest absolute Gasteiger partial charge is 0.303 e. The maximum Gasteiger partial charge on any atom is 0.303 e. The van der Waals surface area contributed by atoms with Gasteiger partial charge in [-0.05, 0) is 80.2 Å². The molecule has 0 unspecified atom stereocenters. The minimum atomic E-state index is -0.797. The van der Waals surface area contributed by atoms with Gasteiger partial charge in [-0.2, -0.15) is 4.68 Å². The number of carboxylic acid groups (broad SMARTS) is 1. The van der Waals surface area contributed by atoms with E-state index < -0.39 is 11.8 Å². The number of aromatic nitrogens is 3. The number of aliphatic carboxylic acids is 1. The highest BCUT2D eigenvalue weighted by Crippen LogP contribution is 2.45. The van der Waals surface area contributed by atoms with Crippen molar-refractivity contribution in [1.29, 1.82) is 0 Å². The molecule has 0 aliphatic heterocycles. The van der Waals surface area contributed by atoms with E-state index in [0.29, 0.717) is 29.0 Å². The quantitative estimate of drug-likeness (QED) is 0.356. The standard InChI is InChI=1S/C28H32FN3O5/c1-35-21-12-13-24(29)26(15-21)32-28(37-20-7-3-2-4-8-20)25(30-31-32)17-36-22-9-5-6-19(14-22)23(16-27(33)34)18-10-11-18/h5-6,9,12-15,18,20,23H,2-4,7-8,10-11,16-17H2,1H3,(H,33,34)/t23-/m0/s1. The van der Waals surface area contributed by atoms with E-state index >= 15 is 0 Å². The lowest BCUT2D eigenvalue weighted by atomic mass is 9.91. The van der Waals surface area contributed by atoms with Gasteiger partial charge in [-0.25, -0.2) is 4.39 Å². The first-order chi connectivity index (χ1) is 18.0. The van der Waals surface area contributed by atoms with Crippen LogP contribution in [0.3, 0.4) is 0 Å². The third-order valence-electron chi connectivity index (χ3n) is 7.15. The zero-order chi connectivity index (χ0) is 25.8. The molecule has 5 rings (SSSR count). The summed E-state index contributed by atoms with van der Waals surface area (Å²) < 4.78 is 33.9. The Morgan fingerprint density at radius 2 is 1.92 bits per heavy atom. The summed E-state index contributed by atoms with van der Waals surface area (Å²) in [6, 6.07) is 12.0. The highest BCUT2D eigenvalue weighted by atomic mass is 19.1. The van der Waals surface area contributed by atoms with Crippen LogP contribution in [-0.4, -0.2) is 39.3 Å². The fourth-order valence-electron chi connectivity index (χ4n) is 5.02. The highest BCUT2D eigenvalue weighted by molar-refractivity contribution is 5.68. The summed E-state index contributed by atoms with van der Waals surface area (Å²) in [5.41, 5.74) is 1.61. The fourth-order valence-corrected chi connectivity index (χ4v) is 5.02. The predicted octanol–water partition coefficient (Wildman–Crippen LogP) is 5.67. The van der Waals surface area contributed by atoms with Crippen LogP contribution in [0.2, 0.25) is 0 Å². The van der Waals surface area contributed by atoms with E-state index in [1.54, 1.807) is 12.1 Å². The number of hydrogen-bond donors (Lipinski definition) is 1. The number of rotatable bonds is 11. The molecule has 1 heterocycles. The lowest BCUT2D eigenvalue weighted by Crippen LogP contribution is -2.22.